The predicted octanol–water partition coefficient (Wildman–Crippen LogP) is 13.8. The van der Waals surface area contributed by atoms with Crippen LogP contribution >= 0.6 is 0 Å². The van der Waals surface area contributed by atoms with Crippen molar-refractivity contribution < 1.29 is 0 Å². The van der Waals surface area contributed by atoms with E-state index in [2.05, 4.69) is 200 Å². The SMILES string of the molecule is c1ccc(-c2cccc(-c3cc(-c4cccc5c4-c4ccccc4C54c5c(ccc6ccccc56)-c5ccc6ccccc6c54)nc(-c4ccccc4)n3)c2)cc1. The molecule has 0 bridgehead atoms. The van der Waals surface area contributed by atoms with E-state index in [9.17, 15) is 0 Å². The molecule has 10 aromatic rings. The third kappa shape index (κ3) is 4.59. The summed E-state index contributed by atoms with van der Waals surface area (Å²) in [6.45, 7) is 0. The van der Waals surface area contributed by atoms with Crippen molar-refractivity contribution in [2.24, 2.45) is 0 Å². The number of hydrogen-bond acceptors (Lipinski definition) is 2. The van der Waals surface area contributed by atoms with Crippen LogP contribution in [0.1, 0.15) is 22.3 Å². The molecule has 0 atom stereocenters. The summed E-state index contributed by atoms with van der Waals surface area (Å²) in [5.74, 6) is 0.709. The quantitative estimate of drug-likeness (QED) is 0.181. The van der Waals surface area contributed by atoms with Crippen LogP contribution in [0.4, 0.5) is 0 Å². The molecule has 0 unspecified atom stereocenters. The lowest BCUT2D eigenvalue weighted by molar-refractivity contribution is 0.809. The van der Waals surface area contributed by atoms with Crippen LogP contribution in [0.2, 0.25) is 0 Å². The van der Waals surface area contributed by atoms with Crippen molar-refractivity contribution in [3.8, 4) is 67.3 Å². The Balaban J connectivity index is 1.17. The second kappa shape index (κ2) is 12.3. The van der Waals surface area contributed by atoms with Crippen molar-refractivity contribution in [1.29, 1.82) is 0 Å². The first-order chi connectivity index (χ1) is 28.3. The average Bonchev–Trinajstić information content (AvgIpc) is 3.77. The predicted molar refractivity (Wildman–Crippen MR) is 235 cm³/mol. The van der Waals surface area contributed by atoms with Gasteiger partial charge in [-0.15, -0.1) is 0 Å². The van der Waals surface area contributed by atoms with Gasteiger partial charge in [0.1, 0.15) is 0 Å². The Morgan fingerprint density at radius 3 is 1.56 bits per heavy atom. The van der Waals surface area contributed by atoms with Crippen LogP contribution in [0, 0.1) is 0 Å². The molecule has 1 heterocycles. The van der Waals surface area contributed by atoms with E-state index in [0.29, 0.717) is 5.82 Å². The zero-order chi connectivity index (χ0) is 37.5. The van der Waals surface area contributed by atoms with Gasteiger partial charge in [-0.25, -0.2) is 9.97 Å². The molecule has 2 aliphatic carbocycles. The van der Waals surface area contributed by atoms with Crippen LogP contribution in [-0.4, -0.2) is 9.97 Å². The topological polar surface area (TPSA) is 25.8 Å². The van der Waals surface area contributed by atoms with Gasteiger partial charge in [0.05, 0.1) is 16.8 Å². The molecular formula is C55H34N2. The van der Waals surface area contributed by atoms with Gasteiger partial charge in [0.25, 0.3) is 0 Å². The van der Waals surface area contributed by atoms with Crippen LogP contribution in [0.25, 0.3) is 88.8 Å². The van der Waals surface area contributed by atoms with E-state index in [4.69, 9.17) is 9.97 Å². The van der Waals surface area contributed by atoms with Crippen LogP contribution in [-0.2, 0) is 5.41 Å². The average molecular weight is 723 g/mol. The lowest BCUT2D eigenvalue weighted by atomic mass is 9.68. The summed E-state index contributed by atoms with van der Waals surface area (Å²) in [4.78, 5) is 10.7. The van der Waals surface area contributed by atoms with Crippen molar-refractivity contribution >= 4 is 21.5 Å². The Labute approximate surface area is 331 Å². The first-order valence-corrected chi connectivity index (χ1v) is 19.7. The summed E-state index contributed by atoms with van der Waals surface area (Å²) < 4.78 is 0. The first kappa shape index (κ1) is 31.9. The Bertz CT molecular complexity index is 3150. The van der Waals surface area contributed by atoms with Crippen LogP contribution in [0.3, 0.4) is 0 Å². The van der Waals surface area contributed by atoms with E-state index >= 15 is 0 Å². The Hall–Kier alpha value is -7.42. The summed E-state index contributed by atoms with van der Waals surface area (Å²) in [7, 11) is 0. The number of fused-ring (bicyclic) bond motifs is 14. The summed E-state index contributed by atoms with van der Waals surface area (Å²) in [5, 5.41) is 5.08. The zero-order valence-corrected chi connectivity index (χ0v) is 31.0. The number of nitrogens with zero attached hydrogens (tertiary/aromatic N) is 2. The molecule has 1 spiro atoms. The molecule has 2 heteroatoms. The molecule has 0 saturated carbocycles. The van der Waals surface area contributed by atoms with Gasteiger partial charge < -0.3 is 0 Å². The minimum Gasteiger partial charge on any atom is -0.228 e. The van der Waals surface area contributed by atoms with E-state index < -0.39 is 5.41 Å². The normalized spacial score (nSPS) is 13.1. The molecule has 0 radical (unpaired) electrons. The maximum Gasteiger partial charge on any atom is 0.160 e. The highest BCUT2D eigenvalue weighted by atomic mass is 14.9. The molecule has 57 heavy (non-hydrogen) atoms. The van der Waals surface area contributed by atoms with Gasteiger partial charge >= 0.3 is 0 Å². The Kier molecular flexibility index (Phi) is 6.88. The van der Waals surface area contributed by atoms with Gasteiger partial charge in [0.2, 0.25) is 0 Å². The maximum absolute atomic E-state index is 5.42. The lowest BCUT2D eigenvalue weighted by Crippen LogP contribution is -2.26. The molecule has 12 rings (SSSR count). The number of hydrogen-bond donors (Lipinski definition) is 0. The fraction of sp³-hybridized carbons (Fsp3) is 0.0182. The number of benzene rings is 9. The van der Waals surface area contributed by atoms with E-state index in [1.165, 1.54) is 71.6 Å². The third-order valence-electron chi connectivity index (χ3n) is 12.3. The largest absolute Gasteiger partial charge is 0.228 e. The van der Waals surface area contributed by atoms with Gasteiger partial charge in [-0.2, -0.15) is 0 Å². The molecule has 2 aliphatic rings. The van der Waals surface area contributed by atoms with E-state index in [1.54, 1.807) is 0 Å². The summed E-state index contributed by atoms with van der Waals surface area (Å²) in [6.07, 6.45) is 0. The molecule has 1 aromatic heterocycles. The van der Waals surface area contributed by atoms with E-state index in [0.717, 1.165) is 33.6 Å². The van der Waals surface area contributed by atoms with Gasteiger partial charge in [-0.05, 0) is 89.3 Å². The molecule has 264 valence electrons. The second-order valence-electron chi connectivity index (χ2n) is 15.2. The fourth-order valence-corrected chi connectivity index (χ4v) is 9.94. The number of rotatable bonds is 4. The summed E-state index contributed by atoms with van der Waals surface area (Å²) in [5.41, 5.74) is 17.1. The molecule has 0 aliphatic heterocycles. The molecule has 0 saturated heterocycles. The fourth-order valence-electron chi connectivity index (χ4n) is 9.94. The van der Waals surface area contributed by atoms with Gasteiger partial charge in [-0.3, -0.25) is 0 Å². The lowest BCUT2D eigenvalue weighted by Gasteiger charge is -2.32. The third-order valence-corrected chi connectivity index (χ3v) is 12.3. The first-order valence-electron chi connectivity index (χ1n) is 19.7. The van der Waals surface area contributed by atoms with Gasteiger partial charge in [-0.1, -0.05) is 194 Å². The summed E-state index contributed by atoms with van der Waals surface area (Å²) in [6, 6.07) is 75.0. The van der Waals surface area contributed by atoms with Crippen molar-refractivity contribution in [3.63, 3.8) is 0 Å². The molecule has 0 amide bonds. The smallest absolute Gasteiger partial charge is 0.160 e. The van der Waals surface area contributed by atoms with Crippen LogP contribution in [0.15, 0.2) is 206 Å². The monoisotopic (exact) mass is 722 g/mol. The minimum absolute atomic E-state index is 0.545. The molecule has 0 N–H and O–H groups in total. The van der Waals surface area contributed by atoms with E-state index in [1.807, 2.05) is 6.07 Å². The highest BCUT2D eigenvalue weighted by molar-refractivity contribution is 6.10. The van der Waals surface area contributed by atoms with Gasteiger partial charge in [0, 0.05) is 16.7 Å². The minimum atomic E-state index is -0.545. The zero-order valence-electron chi connectivity index (χ0n) is 31.0. The Morgan fingerprint density at radius 1 is 0.316 bits per heavy atom. The van der Waals surface area contributed by atoms with Gasteiger partial charge in [0.15, 0.2) is 5.82 Å². The van der Waals surface area contributed by atoms with Crippen LogP contribution < -0.4 is 0 Å². The highest BCUT2D eigenvalue weighted by Crippen LogP contribution is 2.66. The van der Waals surface area contributed by atoms with Crippen molar-refractivity contribution in [3.05, 3.63) is 229 Å². The Morgan fingerprint density at radius 2 is 0.842 bits per heavy atom. The van der Waals surface area contributed by atoms with Crippen LogP contribution in [0.5, 0.6) is 0 Å². The van der Waals surface area contributed by atoms with Crippen molar-refractivity contribution in [1.82, 2.24) is 9.97 Å². The molecular weight excluding hydrogens is 689 g/mol. The molecule has 9 aromatic carbocycles. The second-order valence-corrected chi connectivity index (χ2v) is 15.2. The highest BCUT2D eigenvalue weighted by Gasteiger charge is 2.53. The van der Waals surface area contributed by atoms with Crippen molar-refractivity contribution in [2.45, 2.75) is 5.41 Å². The van der Waals surface area contributed by atoms with Crippen molar-refractivity contribution in [2.75, 3.05) is 0 Å². The number of aromatic nitrogens is 2. The maximum atomic E-state index is 5.42. The molecule has 0 fully saturated rings. The molecule has 2 nitrogen and oxygen atoms in total. The standard InChI is InChI=1S/C55H34N2/c1-3-15-35(16-4-1)39-21-13-22-40(33-39)49-34-50(57-54(56-49)38-19-5-2-6-20-38)46-26-14-28-48-51(46)45-25-11-12-27-47(45)55(48)52-41-23-9-7-17-36(41)29-31-43(52)44-32-30-37-18-8-10-24-42(37)53(44)55/h1-34H. The van der Waals surface area contributed by atoms with E-state index in [-0.39, 0.29) is 0 Å². The summed E-state index contributed by atoms with van der Waals surface area (Å²) >= 11 is 0.